The van der Waals surface area contributed by atoms with Crippen LogP contribution in [-0.2, 0) is 4.79 Å². The van der Waals surface area contributed by atoms with E-state index in [1.807, 2.05) is 7.05 Å². The predicted molar refractivity (Wildman–Crippen MR) is 61.5 cm³/mol. The molecular weight excluding hydrogens is 190 g/mol. The fourth-order valence-corrected chi connectivity index (χ4v) is 2.25. The molecule has 1 heterocycles. The van der Waals surface area contributed by atoms with E-state index in [1.165, 1.54) is 19.4 Å². The van der Waals surface area contributed by atoms with E-state index in [0.717, 1.165) is 13.1 Å². The van der Waals surface area contributed by atoms with Gasteiger partial charge in [-0.1, -0.05) is 0 Å². The van der Waals surface area contributed by atoms with E-state index in [9.17, 15) is 4.79 Å². The Balaban J connectivity index is 2.36. The van der Waals surface area contributed by atoms with Gasteiger partial charge in [-0.2, -0.15) is 0 Å². The molecule has 0 aliphatic carbocycles. The average Bonchev–Trinajstić information content (AvgIpc) is 2.16. The molecule has 1 aliphatic heterocycles. The van der Waals surface area contributed by atoms with Crippen LogP contribution in [0.3, 0.4) is 0 Å². The van der Waals surface area contributed by atoms with E-state index >= 15 is 0 Å². The highest BCUT2D eigenvalue weighted by atomic mass is 16.2. The third-order valence-electron chi connectivity index (χ3n) is 3.02. The molecule has 0 aromatic heterocycles. The maximum atomic E-state index is 11.6. The molecule has 2 N–H and O–H groups in total. The van der Waals surface area contributed by atoms with Crippen molar-refractivity contribution in [2.24, 2.45) is 11.7 Å². The number of rotatable bonds is 3. The third kappa shape index (κ3) is 3.80. The van der Waals surface area contributed by atoms with Gasteiger partial charge in [0, 0.05) is 20.1 Å². The van der Waals surface area contributed by atoms with Crippen LogP contribution in [0.5, 0.6) is 0 Å². The number of carbonyl (C=O) groups is 1. The number of nitrogens with two attached hydrogens (primary N) is 1. The summed E-state index contributed by atoms with van der Waals surface area (Å²) in [6.07, 6.45) is 2.46. The summed E-state index contributed by atoms with van der Waals surface area (Å²) >= 11 is 0. The number of hydrogen-bond donors (Lipinski definition) is 1. The molecule has 1 unspecified atom stereocenters. The summed E-state index contributed by atoms with van der Waals surface area (Å²) in [7, 11) is 3.99. The normalized spacial score (nSPS) is 24.9. The monoisotopic (exact) mass is 213 g/mol. The molecule has 0 bridgehead atoms. The second-order valence-corrected chi connectivity index (χ2v) is 4.78. The Morgan fingerprint density at radius 1 is 1.67 bits per heavy atom. The molecule has 15 heavy (non-hydrogen) atoms. The van der Waals surface area contributed by atoms with Crippen LogP contribution >= 0.6 is 0 Å². The lowest BCUT2D eigenvalue weighted by Crippen LogP contribution is -2.44. The molecule has 1 fully saturated rings. The van der Waals surface area contributed by atoms with E-state index in [1.54, 1.807) is 11.8 Å². The maximum absolute atomic E-state index is 11.6. The lowest BCUT2D eigenvalue weighted by Gasteiger charge is -2.32. The van der Waals surface area contributed by atoms with Crippen LogP contribution in [0.2, 0.25) is 0 Å². The van der Waals surface area contributed by atoms with Crippen molar-refractivity contribution in [3.05, 3.63) is 0 Å². The Morgan fingerprint density at radius 2 is 2.33 bits per heavy atom. The van der Waals surface area contributed by atoms with Crippen LogP contribution in [-0.4, -0.2) is 55.5 Å². The minimum atomic E-state index is -0.378. The van der Waals surface area contributed by atoms with E-state index in [0.29, 0.717) is 5.92 Å². The SMILES string of the molecule is C[C@H](N)C(=O)N(C)CC1CCCN(C)C1. The van der Waals surface area contributed by atoms with Crippen LogP contribution in [0.4, 0.5) is 0 Å². The molecule has 0 radical (unpaired) electrons. The quantitative estimate of drug-likeness (QED) is 0.725. The third-order valence-corrected chi connectivity index (χ3v) is 3.02. The van der Waals surface area contributed by atoms with Crippen molar-refractivity contribution in [1.29, 1.82) is 0 Å². The number of amides is 1. The number of likely N-dealkylation sites (N-methyl/N-ethyl adjacent to an activating group) is 1. The van der Waals surface area contributed by atoms with Crippen LogP contribution < -0.4 is 5.73 Å². The first-order valence-electron chi connectivity index (χ1n) is 5.69. The fourth-order valence-electron chi connectivity index (χ4n) is 2.25. The smallest absolute Gasteiger partial charge is 0.238 e. The van der Waals surface area contributed by atoms with Crippen molar-refractivity contribution in [2.75, 3.05) is 33.7 Å². The summed E-state index contributed by atoms with van der Waals surface area (Å²) in [5.41, 5.74) is 5.57. The van der Waals surface area contributed by atoms with Gasteiger partial charge in [-0.25, -0.2) is 0 Å². The van der Waals surface area contributed by atoms with Gasteiger partial charge in [0.15, 0.2) is 0 Å². The molecule has 0 aromatic rings. The zero-order valence-corrected chi connectivity index (χ0v) is 10.1. The lowest BCUT2D eigenvalue weighted by atomic mass is 9.98. The molecule has 1 rings (SSSR count). The number of carbonyl (C=O) groups excluding carboxylic acids is 1. The molecular formula is C11H23N3O. The molecule has 1 saturated heterocycles. The number of nitrogens with zero attached hydrogens (tertiary/aromatic N) is 2. The van der Waals surface area contributed by atoms with Crippen molar-refractivity contribution in [3.63, 3.8) is 0 Å². The van der Waals surface area contributed by atoms with Gasteiger partial charge in [-0.05, 0) is 39.3 Å². The molecule has 1 amide bonds. The zero-order chi connectivity index (χ0) is 11.4. The zero-order valence-electron chi connectivity index (χ0n) is 10.1. The molecule has 0 saturated carbocycles. The first-order valence-corrected chi connectivity index (χ1v) is 5.69. The molecule has 2 atom stereocenters. The van der Waals surface area contributed by atoms with Gasteiger partial charge in [0.2, 0.25) is 5.91 Å². The Hall–Kier alpha value is -0.610. The molecule has 0 spiro atoms. The van der Waals surface area contributed by atoms with E-state index < -0.39 is 0 Å². The van der Waals surface area contributed by atoms with Gasteiger partial charge >= 0.3 is 0 Å². The lowest BCUT2D eigenvalue weighted by molar-refractivity contribution is -0.131. The van der Waals surface area contributed by atoms with Crippen molar-refractivity contribution in [2.45, 2.75) is 25.8 Å². The first kappa shape index (κ1) is 12.5. The van der Waals surface area contributed by atoms with Gasteiger partial charge in [0.25, 0.3) is 0 Å². The standard InChI is InChI=1S/C11H23N3O/c1-9(12)11(15)14(3)8-10-5-4-6-13(2)7-10/h9-10H,4-8,12H2,1-3H3/t9-,10?/m0/s1. The molecule has 4 heteroatoms. The van der Waals surface area contributed by atoms with Crippen molar-refractivity contribution in [3.8, 4) is 0 Å². The summed E-state index contributed by atoms with van der Waals surface area (Å²) in [4.78, 5) is 15.7. The topological polar surface area (TPSA) is 49.6 Å². The van der Waals surface area contributed by atoms with Crippen molar-refractivity contribution < 1.29 is 4.79 Å². The minimum Gasteiger partial charge on any atom is -0.344 e. The summed E-state index contributed by atoms with van der Waals surface area (Å²) in [5.74, 6) is 0.652. The molecule has 1 aliphatic rings. The van der Waals surface area contributed by atoms with E-state index in [-0.39, 0.29) is 11.9 Å². The number of piperidine rings is 1. The Kier molecular flexibility index (Phi) is 4.54. The maximum Gasteiger partial charge on any atom is 0.238 e. The Labute approximate surface area is 92.4 Å². The Bertz CT molecular complexity index is 218. The second kappa shape index (κ2) is 5.47. The average molecular weight is 213 g/mol. The van der Waals surface area contributed by atoms with Crippen LogP contribution in [0.15, 0.2) is 0 Å². The van der Waals surface area contributed by atoms with E-state index in [2.05, 4.69) is 11.9 Å². The largest absolute Gasteiger partial charge is 0.344 e. The summed E-state index contributed by atoms with van der Waals surface area (Å²) in [6, 6.07) is -0.378. The van der Waals surface area contributed by atoms with Crippen molar-refractivity contribution in [1.82, 2.24) is 9.80 Å². The van der Waals surface area contributed by atoms with Gasteiger partial charge in [-0.3, -0.25) is 4.79 Å². The van der Waals surface area contributed by atoms with Crippen LogP contribution in [0.1, 0.15) is 19.8 Å². The van der Waals surface area contributed by atoms with Gasteiger partial charge in [0.05, 0.1) is 6.04 Å². The fraction of sp³-hybridized carbons (Fsp3) is 0.909. The molecule has 0 aromatic carbocycles. The highest BCUT2D eigenvalue weighted by molar-refractivity contribution is 5.80. The predicted octanol–water partition coefficient (Wildman–Crippen LogP) is 0.134. The van der Waals surface area contributed by atoms with Gasteiger partial charge in [0.1, 0.15) is 0 Å². The number of hydrogen-bond acceptors (Lipinski definition) is 3. The van der Waals surface area contributed by atoms with Gasteiger partial charge < -0.3 is 15.5 Å². The van der Waals surface area contributed by atoms with Crippen LogP contribution in [0, 0.1) is 5.92 Å². The summed E-state index contributed by atoms with van der Waals surface area (Å²) in [6.45, 7) is 4.86. The highest BCUT2D eigenvalue weighted by Gasteiger charge is 2.21. The van der Waals surface area contributed by atoms with Crippen LogP contribution in [0.25, 0.3) is 0 Å². The summed E-state index contributed by atoms with van der Waals surface area (Å²) < 4.78 is 0. The summed E-state index contributed by atoms with van der Waals surface area (Å²) in [5, 5.41) is 0. The second-order valence-electron chi connectivity index (χ2n) is 4.78. The molecule has 88 valence electrons. The Morgan fingerprint density at radius 3 is 2.87 bits per heavy atom. The molecule has 4 nitrogen and oxygen atoms in total. The minimum absolute atomic E-state index is 0.0447. The highest BCUT2D eigenvalue weighted by Crippen LogP contribution is 2.15. The number of likely N-dealkylation sites (tertiary alicyclic amines) is 1. The first-order chi connectivity index (χ1) is 7.00. The van der Waals surface area contributed by atoms with Gasteiger partial charge in [-0.15, -0.1) is 0 Å². The van der Waals surface area contributed by atoms with Crippen molar-refractivity contribution >= 4 is 5.91 Å². The van der Waals surface area contributed by atoms with E-state index in [4.69, 9.17) is 5.73 Å².